The van der Waals surface area contributed by atoms with Crippen molar-refractivity contribution in [3.05, 3.63) is 24.4 Å². The zero-order chi connectivity index (χ0) is 9.94. The van der Waals surface area contributed by atoms with Crippen molar-refractivity contribution >= 4 is 28.5 Å². The van der Waals surface area contributed by atoms with Gasteiger partial charge in [-0.2, -0.15) is 0 Å². The molecular formula is C8H10N2OS2. The van der Waals surface area contributed by atoms with Crippen LogP contribution < -0.4 is 0 Å². The van der Waals surface area contributed by atoms with Crippen molar-refractivity contribution < 1.29 is 4.79 Å². The zero-order valence-corrected chi connectivity index (χ0v) is 8.89. The van der Waals surface area contributed by atoms with Gasteiger partial charge in [-0.3, -0.25) is 0 Å². The van der Waals surface area contributed by atoms with Crippen LogP contribution in [0, 0.1) is 0 Å². The highest BCUT2D eigenvalue weighted by atomic mass is 33.1. The highest BCUT2D eigenvalue weighted by Crippen LogP contribution is 2.16. The summed E-state index contributed by atoms with van der Waals surface area (Å²) >= 11 is 3.96. The molecule has 1 rings (SSSR count). The topological polar surface area (TPSA) is 42.3 Å². The summed E-state index contributed by atoms with van der Waals surface area (Å²) in [6, 6.07) is 5.73. The molecule has 1 aromatic rings. The Morgan fingerprint density at radius 2 is 2.46 bits per heavy atom. The van der Waals surface area contributed by atoms with Gasteiger partial charge in [0.1, 0.15) is 5.03 Å². The van der Waals surface area contributed by atoms with Gasteiger partial charge in [0.2, 0.25) is 6.08 Å². The standard InChI is InChI=1S/C5H5NS2.C3H5NO/c7-8-5-3-1-2-4-6-5;1-2-4-3-5/h1-4,7H;2H2,1H3. The molecule has 1 heterocycles. The maximum Gasteiger partial charge on any atom is 0.234 e. The second-order valence-electron chi connectivity index (χ2n) is 1.82. The maximum atomic E-state index is 9.11. The van der Waals surface area contributed by atoms with Gasteiger partial charge in [-0.1, -0.05) is 6.07 Å². The molecule has 0 amide bonds. The van der Waals surface area contributed by atoms with E-state index in [-0.39, 0.29) is 0 Å². The van der Waals surface area contributed by atoms with E-state index in [1.807, 2.05) is 18.2 Å². The number of nitrogens with zero attached hydrogens (tertiary/aromatic N) is 2. The van der Waals surface area contributed by atoms with E-state index >= 15 is 0 Å². The zero-order valence-electron chi connectivity index (χ0n) is 7.17. The number of rotatable bonds is 2. The first-order valence-electron chi connectivity index (χ1n) is 3.61. The van der Waals surface area contributed by atoms with Gasteiger partial charge in [-0.05, 0) is 29.9 Å². The van der Waals surface area contributed by atoms with Crippen LogP contribution in [0.1, 0.15) is 6.92 Å². The van der Waals surface area contributed by atoms with Gasteiger partial charge >= 0.3 is 0 Å². The van der Waals surface area contributed by atoms with E-state index in [2.05, 4.69) is 21.6 Å². The molecule has 0 aliphatic heterocycles. The predicted molar refractivity (Wildman–Crippen MR) is 57.7 cm³/mol. The predicted octanol–water partition coefficient (Wildman–Crippen LogP) is 2.36. The monoisotopic (exact) mass is 214 g/mol. The molecule has 0 aliphatic rings. The van der Waals surface area contributed by atoms with Crippen LogP contribution in [0.4, 0.5) is 0 Å². The lowest BCUT2D eigenvalue weighted by Gasteiger charge is -1.87. The SMILES string of the molecule is CCN=C=O.SSc1ccccn1. The van der Waals surface area contributed by atoms with Gasteiger partial charge < -0.3 is 0 Å². The van der Waals surface area contributed by atoms with Gasteiger partial charge in [-0.15, -0.1) is 11.7 Å². The van der Waals surface area contributed by atoms with Crippen molar-refractivity contribution in [3.8, 4) is 0 Å². The molecule has 1 aromatic heterocycles. The highest BCUT2D eigenvalue weighted by Gasteiger charge is 1.83. The molecule has 0 saturated heterocycles. The summed E-state index contributed by atoms with van der Waals surface area (Å²) in [5.74, 6) is 0. The maximum absolute atomic E-state index is 9.11. The highest BCUT2D eigenvalue weighted by molar-refractivity contribution is 8.68. The Morgan fingerprint density at radius 1 is 1.69 bits per heavy atom. The third-order valence-corrected chi connectivity index (χ3v) is 1.94. The average Bonchev–Trinajstić information content (AvgIpc) is 2.21. The number of thiol groups is 1. The molecule has 0 bridgehead atoms. The quantitative estimate of drug-likeness (QED) is 0.356. The molecule has 3 nitrogen and oxygen atoms in total. The molecule has 0 unspecified atom stereocenters. The van der Waals surface area contributed by atoms with E-state index in [1.54, 1.807) is 13.1 Å². The van der Waals surface area contributed by atoms with Crippen molar-refractivity contribution in [2.45, 2.75) is 11.9 Å². The van der Waals surface area contributed by atoms with Gasteiger partial charge in [0, 0.05) is 12.7 Å². The second kappa shape index (κ2) is 9.32. The number of isocyanates is 1. The molecule has 0 N–H and O–H groups in total. The number of aromatic nitrogens is 1. The second-order valence-corrected chi connectivity index (χ2v) is 2.97. The van der Waals surface area contributed by atoms with Gasteiger partial charge in [0.15, 0.2) is 0 Å². The number of pyridine rings is 1. The first-order valence-corrected chi connectivity index (χ1v) is 5.48. The lowest BCUT2D eigenvalue weighted by atomic mass is 10.5. The Bertz CT molecular complexity index is 260. The molecule has 0 aromatic carbocycles. The van der Waals surface area contributed by atoms with Crippen molar-refractivity contribution in [3.63, 3.8) is 0 Å². The van der Waals surface area contributed by atoms with Crippen LogP contribution >= 0.6 is 22.5 Å². The van der Waals surface area contributed by atoms with Crippen LogP contribution in [0.3, 0.4) is 0 Å². The van der Waals surface area contributed by atoms with Crippen LogP contribution in [-0.2, 0) is 4.79 Å². The first kappa shape index (κ1) is 12.2. The van der Waals surface area contributed by atoms with Crippen molar-refractivity contribution in [1.82, 2.24) is 4.98 Å². The number of carbonyl (C=O) groups excluding carboxylic acids is 1. The fourth-order valence-corrected chi connectivity index (χ4v) is 1.04. The van der Waals surface area contributed by atoms with E-state index in [4.69, 9.17) is 4.79 Å². The van der Waals surface area contributed by atoms with Gasteiger partial charge in [0.25, 0.3) is 0 Å². The summed E-state index contributed by atoms with van der Waals surface area (Å²) in [5.41, 5.74) is 0. The molecule has 0 saturated carbocycles. The van der Waals surface area contributed by atoms with E-state index in [1.165, 1.54) is 16.9 Å². The van der Waals surface area contributed by atoms with Crippen LogP contribution in [0.15, 0.2) is 34.4 Å². The smallest absolute Gasteiger partial charge is 0.234 e. The van der Waals surface area contributed by atoms with Crippen LogP contribution in [-0.4, -0.2) is 17.6 Å². The number of hydrogen-bond donors (Lipinski definition) is 1. The summed E-state index contributed by atoms with van der Waals surface area (Å²) in [5, 5.41) is 0.941. The molecule has 0 aliphatic carbocycles. The normalized spacial score (nSPS) is 7.85. The molecule has 0 fully saturated rings. The van der Waals surface area contributed by atoms with E-state index in [0.29, 0.717) is 6.54 Å². The minimum atomic E-state index is 0.545. The lowest BCUT2D eigenvalue weighted by Crippen LogP contribution is -1.69. The van der Waals surface area contributed by atoms with Crippen LogP contribution in [0.2, 0.25) is 0 Å². The van der Waals surface area contributed by atoms with E-state index in [9.17, 15) is 0 Å². The number of hydrogen-bond acceptors (Lipinski definition) is 5. The third-order valence-electron chi connectivity index (χ3n) is 0.954. The first-order chi connectivity index (χ1) is 6.35. The summed E-state index contributed by atoms with van der Waals surface area (Å²) in [6.45, 7) is 2.33. The molecular weight excluding hydrogens is 204 g/mol. The van der Waals surface area contributed by atoms with Crippen molar-refractivity contribution in [2.75, 3.05) is 6.54 Å². The van der Waals surface area contributed by atoms with Gasteiger partial charge in [0.05, 0.1) is 0 Å². The minimum absolute atomic E-state index is 0.545. The average molecular weight is 214 g/mol. The molecule has 0 radical (unpaired) electrons. The summed E-state index contributed by atoms with van der Waals surface area (Å²) in [4.78, 5) is 16.3. The fourth-order valence-electron chi connectivity index (χ4n) is 0.466. The summed E-state index contributed by atoms with van der Waals surface area (Å²) in [6.07, 6.45) is 3.14. The Balaban J connectivity index is 0.000000252. The van der Waals surface area contributed by atoms with E-state index in [0.717, 1.165) is 5.03 Å². The van der Waals surface area contributed by atoms with Crippen molar-refractivity contribution in [1.29, 1.82) is 0 Å². The Hall–Kier alpha value is -0.770. The van der Waals surface area contributed by atoms with Crippen LogP contribution in [0.5, 0.6) is 0 Å². The minimum Gasteiger partial charge on any atom is -0.249 e. The molecule has 0 spiro atoms. The Morgan fingerprint density at radius 3 is 2.69 bits per heavy atom. The molecule has 5 heteroatoms. The molecule has 13 heavy (non-hydrogen) atoms. The summed E-state index contributed by atoms with van der Waals surface area (Å²) in [7, 11) is 1.35. The lowest BCUT2D eigenvalue weighted by molar-refractivity contribution is 0.563. The van der Waals surface area contributed by atoms with E-state index < -0.39 is 0 Å². The Kier molecular flexibility index (Phi) is 8.77. The molecule has 70 valence electrons. The third kappa shape index (κ3) is 7.59. The Labute approximate surface area is 86.5 Å². The van der Waals surface area contributed by atoms with Gasteiger partial charge in [-0.25, -0.2) is 14.8 Å². The summed E-state index contributed by atoms with van der Waals surface area (Å²) < 4.78 is 0. The fraction of sp³-hybridized carbons (Fsp3) is 0.250. The largest absolute Gasteiger partial charge is 0.249 e. The van der Waals surface area contributed by atoms with Crippen molar-refractivity contribution in [2.24, 2.45) is 4.99 Å². The molecule has 0 atom stereocenters. The van der Waals surface area contributed by atoms with Crippen LogP contribution in [0.25, 0.3) is 0 Å². The number of aliphatic imine (C=N–C) groups is 1.